The zero-order valence-corrected chi connectivity index (χ0v) is 10.9. The second-order valence-electron chi connectivity index (χ2n) is 4.36. The summed E-state index contributed by atoms with van der Waals surface area (Å²) in [5.74, 6) is 0.0823. The maximum absolute atomic E-state index is 12.4. The number of benzene rings is 2. The van der Waals surface area contributed by atoms with Crippen LogP contribution in [0.2, 0.25) is 0 Å². The van der Waals surface area contributed by atoms with Crippen molar-refractivity contribution in [1.29, 1.82) is 0 Å². The second-order valence-corrected chi connectivity index (χ2v) is 4.36. The lowest BCUT2D eigenvalue weighted by molar-refractivity contribution is 0.103. The summed E-state index contributed by atoms with van der Waals surface area (Å²) in [7, 11) is 1.89. The van der Waals surface area contributed by atoms with Gasteiger partial charge in [-0.3, -0.25) is 4.79 Å². The fraction of sp³-hybridized carbons (Fsp3) is 0.188. The SMILES string of the molecule is CNc1ccc(C(=O)c2ccccc2)c(C)c1C. The van der Waals surface area contributed by atoms with Gasteiger partial charge >= 0.3 is 0 Å². The molecule has 1 N–H and O–H groups in total. The van der Waals surface area contributed by atoms with E-state index in [1.165, 1.54) is 0 Å². The van der Waals surface area contributed by atoms with Crippen LogP contribution in [-0.2, 0) is 0 Å². The Balaban J connectivity index is 2.47. The van der Waals surface area contributed by atoms with E-state index in [4.69, 9.17) is 0 Å². The molecule has 2 aromatic carbocycles. The molecule has 0 atom stereocenters. The van der Waals surface area contributed by atoms with E-state index in [0.717, 1.165) is 27.9 Å². The fourth-order valence-electron chi connectivity index (χ4n) is 2.08. The standard InChI is InChI=1S/C16H17NO/c1-11-12(2)15(17-3)10-9-14(11)16(18)13-7-5-4-6-8-13/h4-10,17H,1-3H3. The molecule has 0 saturated heterocycles. The van der Waals surface area contributed by atoms with Crippen molar-refractivity contribution in [1.82, 2.24) is 0 Å². The van der Waals surface area contributed by atoms with Gasteiger partial charge in [-0.2, -0.15) is 0 Å². The quantitative estimate of drug-likeness (QED) is 0.829. The first-order valence-electron chi connectivity index (χ1n) is 6.03. The zero-order valence-electron chi connectivity index (χ0n) is 10.9. The average molecular weight is 239 g/mol. The van der Waals surface area contributed by atoms with Gasteiger partial charge in [0.25, 0.3) is 0 Å². The number of nitrogens with one attached hydrogen (secondary N) is 1. The average Bonchev–Trinajstić information content (AvgIpc) is 2.42. The van der Waals surface area contributed by atoms with Crippen molar-refractivity contribution in [3.63, 3.8) is 0 Å². The molecule has 18 heavy (non-hydrogen) atoms. The van der Waals surface area contributed by atoms with Crippen molar-refractivity contribution in [2.75, 3.05) is 12.4 Å². The number of hydrogen-bond donors (Lipinski definition) is 1. The van der Waals surface area contributed by atoms with Gasteiger partial charge in [-0.25, -0.2) is 0 Å². The van der Waals surface area contributed by atoms with E-state index in [1.807, 2.05) is 63.4 Å². The van der Waals surface area contributed by atoms with E-state index in [-0.39, 0.29) is 5.78 Å². The molecule has 2 heteroatoms. The third-order valence-electron chi connectivity index (χ3n) is 3.34. The molecule has 0 spiro atoms. The van der Waals surface area contributed by atoms with E-state index in [1.54, 1.807) is 0 Å². The Morgan fingerprint density at radius 2 is 1.61 bits per heavy atom. The third kappa shape index (κ3) is 2.14. The van der Waals surface area contributed by atoms with Crippen molar-refractivity contribution in [2.24, 2.45) is 0 Å². The summed E-state index contributed by atoms with van der Waals surface area (Å²) in [6, 6.07) is 13.2. The minimum atomic E-state index is 0.0823. The highest BCUT2D eigenvalue weighted by atomic mass is 16.1. The smallest absolute Gasteiger partial charge is 0.193 e. The summed E-state index contributed by atoms with van der Waals surface area (Å²) < 4.78 is 0. The van der Waals surface area contributed by atoms with E-state index in [0.29, 0.717) is 0 Å². The molecule has 0 bridgehead atoms. The van der Waals surface area contributed by atoms with Gasteiger partial charge in [0.2, 0.25) is 0 Å². The summed E-state index contributed by atoms with van der Waals surface area (Å²) in [6.45, 7) is 4.02. The Morgan fingerprint density at radius 1 is 0.944 bits per heavy atom. The van der Waals surface area contributed by atoms with Gasteiger partial charge in [0, 0.05) is 23.9 Å². The van der Waals surface area contributed by atoms with Crippen LogP contribution in [0.3, 0.4) is 0 Å². The number of rotatable bonds is 3. The van der Waals surface area contributed by atoms with Crippen LogP contribution in [0, 0.1) is 13.8 Å². The molecular formula is C16H17NO. The number of ketones is 1. The van der Waals surface area contributed by atoms with Gasteiger partial charge in [-0.05, 0) is 37.1 Å². The Labute approximate surface area is 108 Å². The summed E-state index contributed by atoms with van der Waals surface area (Å²) in [4.78, 5) is 12.4. The molecule has 2 aromatic rings. The molecule has 0 aliphatic carbocycles. The predicted octanol–water partition coefficient (Wildman–Crippen LogP) is 3.58. The highest BCUT2D eigenvalue weighted by Gasteiger charge is 2.13. The van der Waals surface area contributed by atoms with Crippen LogP contribution in [0.5, 0.6) is 0 Å². The highest BCUT2D eigenvalue weighted by molar-refractivity contribution is 6.10. The largest absolute Gasteiger partial charge is 0.388 e. The highest BCUT2D eigenvalue weighted by Crippen LogP contribution is 2.23. The molecule has 0 fully saturated rings. The van der Waals surface area contributed by atoms with Crippen LogP contribution < -0.4 is 5.32 Å². The number of hydrogen-bond acceptors (Lipinski definition) is 2. The second kappa shape index (κ2) is 5.05. The Kier molecular flexibility index (Phi) is 3.47. The van der Waals surface area contributed by atoms with Crippen LogP contribution in [0.1, 0.15) is 27.0 Å². The molecule has 0 radical (unpaired) electrons. The van der Waals surface area contributed by atoms with Gasteiger partial charge in [-0.15, -0.1) is 0 Å². The monoisotopic (exact) mass is 239 g/mol. The molecule has 0 aromatic heterocycles. The summed E-state index contributed by atoms with van der Waals surface area (Å²) in [5, 5.41) is 3.13. The zero-order chi connectivity index (χ0) is 13.1. The molecule has 2 nitrogen and oxygen atoms in total. The Morgan fingerprint density at radius 3 is 2.22 bits per heavy atom. The van der Waals surface area contributed by atoms with Crippen molar-refractivity contribution in [3.8, 4) is 0 Å². The van der Waals surface area contributed by atoms with Gasteiger partial charge in [0.15, 0.2) is 5.78 Å². The van der Waals surface area contributed by atoms with Gasteiger partial charge in [-0.1, -0.05) is 30.3 Å². The van der Waals surface area contributed by atoms with Crippen molar-refractivity contribution in [3.05, 3.63) is 64.7 Å². The number of anilines is 1. The molecule has 0 amide bonds. The first-order valence-corrected chi connectivity index (χ1v) is 6.03. The minimum Gasteiger partial charge on any atom is -0.388 e. The molecule has 0 unspecified atom stereocenters. The third-order valence-corrected chi connectivity index (χ3v) is 3.34. The van der Waals surface area contributed by atoms with Gasteiger partial charge in [0.1, 0.15) is 0 Å². The van der Waals surface area contributed by atoms with Crippen LogP contribution in [0.4, 0.5) is 5.69 Å². The molecule has 0 aliphatic rings. The van der Waals surface area contributed by atoms with Crippen molar-refractivity contribution in [2.45, 2.75) is 13.8 Å². The van der Waals surface area contributed by atoms with Crippen LogP contribution in [-0.4, -0.2) is 12.8 Å². The van der Waals surface area contributed by atoms with Gasteiger partial charge in [0.05, 0.1) is 0 Å². The van der Waals surface area contributed by atoms with E-state index < -0.39 is 0 Å². The van der Waals surface area contributed by atoms with E-state index >= 15 is 0 Å². The van der Waals surface area contributed by atoms with Crippen molar-refractivity contribution >= 4 is 11.5 Å². The lowest BCUT2D eigenvalue weighted by Crippen LogP contribution is -2.06. The van der Waals surface area contributed by atoms with Crippen LogP contribution in [0.15, 0.2) is 42.5 Å². The first-order chi connectivity index (χ1) is 8.65. The van der Waals surface area contributed by atoms with Crippen molar-refractivity contribution < 1.29 is 4.79 Å². The lowest BCUT2D eigenvalue weighted by Gasteiger charge is -2.12. The number of carbonyl (C=O) groups excluding carboxylic acids is 1. The number of carbonyl (C=O) groups is 1. The summed E-state index contributed by atoms with van der Waals surface area (Å²) >= 11 is 0. The van der Waals surface area contributed by atoms with E-state index in [9.17, 15) is 4.79 Å². The molecule has 92 valence electrons. The summed E-state index contributed by atoms with van der Waals surface area (Å²) in [5.41, 5.74) is 4.74. The molecule has 0 saturated carbocycles. The Bertz CT molecular complexity index is 573. The maximum Gasteiger partial charge on any atom is 0.193 e. The predicted molar refractivity (Wildman–Crippen MR) is 75.3 cm³/mol. The molecule has 2 rings (SSSR count). The molecular weight excluding hydrogens is 222 g/mol. The lowest BCUT2D eigenvalue weighted by atomic mass is 9.95. The molecule has 0 heterocycles. The summed E-state index contributed by atoms with van der Waals surface area (Å²) in [6.07, 6.45) is 0. The Hall–Kier alpha value is -2.09. The van der Waals surface area contributed by atoms with Crippen LogP contribution >= 0.6 is 0 Å². The van der Waals surface area contributed by atoms with Gasteiger partial charge < -0.3 is 5.32 Å². The van der Waals surface area contributed by atoms with Crippen LogP contribution in [0.25, 0.3) is 0 Å². The molecule has 0 aliphatic heterocycles. The first kappa shape index (κ1) is 12.4. The fourth-order valence-corrected chi connectivity index (χ4v) is 2.08. The van der Waals surface area contributed by atoms with E-state index in [2.05, 4.69) is 5.32 Å². The maximum atomic E-state index is 12.4. The normalized spacial score (nSPS) is 10.2. The minimum absolute atomic E-state index is 0.0823. The topological polar surface area (TPSA) is 29.1 Å².